The van der Waals surface area contributed by atoms with Gasteiger partial charge in [0.1, 0.15) is 11.9 Å². The topological polar surface area (TPSA) is 56.0 Å². The fraction of sp³-hybridized carbons (Fsp3) is 0.533. The zero-order chi connectivity index (χ0) is 14.5. The number of nitrogens with zero attached hydrogens (tertiary/aromatic N) is 1. The van der Waals surface area contributed by atoms with Gasteiger partial charge in [-0.15, -0.1) is 0 Å². The van der Waals surface area contributed by atoms with Crippen LogP contribution in [-0.4, -0.2) is 17.8 Å². The molecule has 0 radical (unpaired) electrons. The molecular formula is C15H21FN2O. The van der Waals surface area contributed by atoms with Crippen molar-refractivity contribution in [1.29, 1.82) is 5.26 Å². The maximum absolute atomic E-state index is 13.9. The first-order valence-electron chi connectivity index (χ1n) is 6.42. The van der Waals surface area contributed by atoms with Crippen molar-refractivity contribution in [3.8, 4) is 6.07 Å². The number of rotatable bonds is 5. The second-order valence-electron chi connectivity index (χ2n) is 5.70. The molecule has 2 N–H and O–H groups in total. The Labute approximate surface area is 114 Å². The van der Waals surface area contributed by atoms with Gasteiger partial charge in [-0.25, -0.2) is 4.39 Å². The van der Waals surface area contributed by atoms with Crippen molar-refractivity contribution in [2.24, 2.45) is 5.41 Å². The van der Waals surface area contributed by atoms with Crippen molar-refractivity contribution in [3.05, 3.63) is 35.1 Å². The van der Waals surface area contributed by atoms with Crippen LogP contribution in [0.25, 0.3) is 0 Å². The Kier molecular flexibility index (Phi) is 5.46. The van der Waals surface area contributed by atoms with E-state index in [4.69, 9.17) is 10.4 Å². The van der Waals surface area contributed by atoms with Crippen molar-refractivity contribution >= 4 is 0 Å². The molecule has 19 heavy (non-hydrogen) atoms. The molecule has 0 aliphatic heterocycles. The molecule has 0 bridgehead atoms. The van der Waals surface area contributed by atoms with Crippen LogP contribution in [-0.2, 0) is 6.54 Å². The number of hydrogen-bond acceptors (Lipinski definition) is 3. The maximum Gasteiger partial charge on any atom is 0.145 e. The first-order chi connectivity index (χ1) is 8.90. The summed E-state index contributed by atoms with van der Waals surface area (Å²) in [5.74, 6) is -0.464. The number of aliphatic hydroxyl groups excluding tert-OH is 1. The van der Waals surface area contributed by atoms with Gasteiger partial charge in [-0.05, 0) is 17.9 Å². The number of nitriles is 1. The minimum atomic E-state index is -0.464. The molecule has 104 valence electrons. The third kappa shape index (κ3) is 4.30. The predicted octanol–water partition coefficient (Wildman–Crippen LogP) is 2.58. The van der Waals surface area contributed by atoms with Crippen molar-refractivity contribution in [2.75, 3.05) is 6.61 Å². The molecular weight excluding hydrogens is 243 g/mol. The van der Waals surface area contributed by atoms with E-state index in [0.717, 1.165) is 0 Å². The van der Waals surface area contributed by atoms with E-state index in [1.165, 1.54) is 6.07 Å². The Morgan fingerprint density at radius 2 is 2.11 bits per heavy atom. The predicted molar refractivity (Wildman–Crippen MR) is 72.9 cm³/mol. The highest BCUT2D eigenvalue weighted by Crippen LogP contribution is 2.22. The molecule has 3 nitrogen and oxygen atoms in total. The molecule has 1 rings (SSSR count). The van der Waals surface area contributed by atoms with Crippen LogP contribution >= 0.6 is 0 Å². The zero-order valence-electron chi connectivity index (χ0n) is 11.7. The monoisotopic (exact) mass is 264 g/mol. The molecule has 1 aromatic carbocycles. The van der Waals surface area contributed by atoms with Crippen molar-refractivity contribution < 1.29 is 9.50 Å². The van der Waals surface area contributed by atoms with E-state index in [1.807, 2.05) is 6.07 Å². The van der Waals surface area contributed by atoms with Gasteiger partial charge in [0.05, 0.1) is 5.56 Å². The van der Waals surface area contributed by atoms with Crippen LogP contribution in [0.1, 0.15) is 38.3 Å². The van der Waals surface area contributed by atoms with E-state index in [0.29, 0.717) is 18.5 Å². The molecule has 0 saturated heterocycles. The SMILES string of the molecule is CC(C)(C)C(CCO)NCc1cccc(C#N)c1F. The molecule has 0 aliphatic carbocycles. The van der Waals surface area contributed by atoms with Crippen molar-refractivity contribution in [3.63, 3.8) is 0 Å². The van der Waals surface area contributed by atoms with Crippen LogP contribution < -0.4 is 5.32 Å². The van der Waals surface area contributed by atoms with Crippen LogP contribution in [0.2, 0.25) is 0 Å². The fourth-order valence-electron chi connectivity index (χ4n) is 2.01. The van der Waals surface area contributed by atoms with E-state index < -0.39 is 5.82 Å². The lowest BCUT2D eigenvalue weighted by Crippen LogP contribution is -2.40. The molecule has 0 spiro atoms. The van der Waals surface area contributed by atoms with Crippen LogP contribution in [0.4, 0.5) is 4.39 Å². The van der Waals surface area contributed by atoms with Gasteiger partial charge in [-0.2, -0.15) is 5.26 Å². The van der Waals surface area contributed by atoms with E-state index in [2.05, 4.69) is 26.1 Å². The standard InChI is InChI=1S/C15H21FN2O/c1-15(2,3)13(7-8-19)18-10-12-6-4-5-11(9-17)14(12)16/h4-6,13,18-19H,7-8,10H2,1-3H3. The Hall–Kier alpha value is -1.44. The summed E-state index contributed by atoms with van der Waals surface area (Å²) in [6.45, 7) is 6.66. The summed E-state index contributed by atoms with van der Waals surface area (Å²) in [4.78, 5) is 0. The number of nitrogens with one attached hydrogen (secondary N) is 1. The largest absolute Gasteiger partial charge is 0.396 e. The third-order valence-corrected chi connectivity index (χ3v) is 3.20. The van der Waals surface area contributed by atoms with Crippen LogP contribution in [0.5, 0.6) is 0 Å². The Morgan fingerprint density at radius 1 is 1.42 bits per heavy atom. The van der Waals surface area contributed by atoms with Gasteiger partial charge < -0.3 is 10.4 Å². The minimum Gasteiger partial charge on any atom is -0.396 e. The van der Waals surface area contributed by atoms with E-state index in [1.54, 1.807) is 12.1 Å². The average molecular weight is 264 g/mol. The van der Waals surface area contributed by atoms with Crippen LogP contribution in [0.3, 0.4) is 0 Å². The van der Waals surface area contributed by atoms with Crippen LogP contribution in [0, 0.1) is 22.6 Å². The number of hydrogen-bond donors (Lipinski definition) is 2. The van der Waals surface area contributed by atoms with Crippen LogP contribution in [0.15, 0.2) is 18.2 Å². The molecule has 0 fully saturated rings. The normalized spacial score (nSPS) is 13.1. The second kappa shape index (κ2) is 6.65. The summed E-state index contributed by atoms with van der Waals surface area (Å²) >= 11 is 0. The van der Waals surface area contributed by atoms with Gasteiger partial charge in [0, 0.05) is 24.8 Å². The zero-order valence-corrected chi connectivity index (χ0v) is 11.7. The lowest BCUT2D eigenvalue weighted by atomic mass is 9.85. The number of aliphatic hydroxyl groups is 1. The molecule has 0 aliphatic rings. The molecule has 0 aromatic heterocycles. The molecule has 0 heterocycles. The highest BCUT2D eigenvalue weighted by Gasteiger charge is 2.23. The summed E-state index contributed by atoms with van der Waals surface area (Å²) < 4.78 is 13.9. The van der Waals surface area contributed by atoms with Gasteiger partial charge in [-0.3, -0.25) is 0 Å². The molecule has 0 saturated carbocycles. The fourth-order valence-corrected chi connectivity index (χ4v) is 2.01. The average Bonchev–Trinajstić information content (AvgIpc) is 2.34. The molecule has 1 atom stereocenters. The van der Waals surface area contributed by atoms with Gasteiger partial charge >= 0.3 is 0 Å². The van der Waals surface area contributed by atoms with Gasteiger partial charge in [0.25, 0.3) is 0 Å². The van der Waals surface area contributed by atoms with Crippen molar-refractivity contribution in [2.45, 2.75) is 39.8 Å². The minimum absolute atomic E-state index is 0.0218. The second-order valence-corrected chi connectivity index (χ2v) is 5.70. The third-order valence-electron chi connectivity index (χ3n) is 3.20. The van der Waals surface area contributed by atoms with Crippen molar-refractivity contribution in [1.82, 2.24) is 5.32 Å². The molecule has 4 heteroatoms. The summed E-state index contributed by atoms with van der Waals surface area (Å²) in [5.41, 5.74) is 0.520. The Bertz CT molecular complexity index is 460. The van der Waals surface area contributed by atoms with Gasteiger partial charge in [0.15, 0.2) is 0 Å². The van der Waals surface area contributed by atoms with Gasteiger partial charge in [-0.1, -0.05) is 32.9 Å². The first kappa shape index (κ1) is 15.6. The maximum atomic E-state index is 13.9. The van der Waals surface area contributed by atoms with E-state index in [-0.39, 0.29) is 23.6 Å². The number of halogens is 1. The summed E-state index contributed by atoms with van der Waals surface area (Å²) in [6.07, 6.45) is 0.614. The smallest absolute Gasteiger partial charge is 0.145 e. The highest BCUT2D eigenvalue weighted by molar-refractivity contribution is 5.34. The summed E-state index contributed by atoms with van der Waals surface area (Å²) in [6, 6.07) is 6.73. The summed E-state index contributed by atoms with van der Waals surface area (Å²) in [7, 11) is 0. The Balaban J connectivity index is 2.78. The molecule has 1 aromatic rings. The Morgan fingerprint density at radius 3 is 2.63 bits per heavy atom. The lowest BCUT2D eigenvalue weighted by molar-refractivity contribution is 0.196. The highest BCUT2D eigenvalue weighted by atomic mass is 19.1. The first-order valence-corrected chi connectivity index (χ1v) is 6.42. The van der Waals surface area contributed by atoms with E-state index in [9.17, 15) is 4.39 Å². The van der Waals surface area contributed by atoms with Gasteiger partial charge in [0.2, 0.25) is 0 Å². The quantitative estimate of drug-likeness (QED) is 0.859. The molecule has 0 amide bonds. The van der Waals surface area contributed by atoms with E-state index >= 15 is 0 Å². The molecule has 1 unspecified atom stereocenters. The number of benzene rings is 1. The summed E-state index contributed by atoms with van der Waals surface area (Å²) in [5, 5.41) is 21.1. The lowest BCUT2D eigenvalue weighted by Gasteiger charge is -2.31.